The highest BCUT2D eigenvalue weighted by Crippen LogP contribution is 2.39. The quantitative estimate of drug-likeness (QED) is 0.820. The van der Waals surface area contributed by atoms with Crippen LogP contribution in [0.15, 0.2) is 30.3 Å². The van der Waals surface area contributed by atoms with Crippen LogP contribution < -0.4 is 4.74 Å². The molecule has 0 spiro atoms. The molecule has 2 heterocycles. The highest BCUT2D eigenvalue weighted by molar-refractivity contribution is 5.98. The minimum Gasteiger partial charge on any atom is -0.481 e. The van der Waals surface area contributed by atoms with E-state index in [1.807, 2.05) is 30.3 Å². The molecule has 0 bridgehead atoms. The molecule has 0 radical (unpaired) electrons. The van der Waals surface area contributed by atoms with Gasteiger partial charge in [0.2, 0.25) is 5.88 Å². The number of ether oxygens (including phenoxy) is 1. The molecule has 1 aliphatic carbocycles. The van der Waals surface area contributed by atoms with Gasteiger partial charge >= 0.3 is 0 Å². The van der Waals surface area contributed by atoms with E-state index in [0.29, 0.717) is 29.5 Å². The van der Waals surface area contributed by atoms with Crippen molar-refractivity contribution >= 4 is 16.7 Å². The fraction of sp³-hybridized carbons (Fsp3) is 0.524. The Morgan fingerprint density at radius 3 is 2.84 bits per heavy atom. The maximum absolute atomic E-state index is 13.3. The topological polar surface area (TPSA) is 42.4 Å². The summed E-state index contributed by atoms with van der Waals surface area (Å²) in [6.45, 7) is 3.19. The Balaban J connectivity index is 1.69. The summed E-state index contributed by atoms with van der Waals surface area (Å²) in [7, 11) is 1.61. The van der Waals surface area contributed by atoms with E-state index < -0.39 is 0 Å². The smallest absolute Gasteiger partial charge is 0.272 e. The van der Waals surface area contributed by atoms with Crippen LogP contribution in [0, 0.1) is 11.8 Å². The van der Waals surface area contributed by atoms with E-state index in [-0.39, 0.29) is 5.91 Å². The van der Waals surface area contributed by atoms with E-state index >= 15 is 0 Å². The summed E-state index contributed by atoms with van der Waals surface area (Å²) in [6.07, 6.45) is 6.01. The second-order valence-corrected chi connectivity index (χ2v) is 7.52. The SMILES string of the molecule is COc1nc(C(=O)N2CC[C@H](C)[C@@H]3CCCC[C@@H]32)cc2ccccc12. The minimum absolute atomic E-state index is 0.0628. The molecule has 4 heteroatoms. The fourth-order valence-electron chi connectivity index (χ4n) is 4.74. The third kappa shape index (κ3) is 2.88. The number of hydrogen-bond acceptors (Lipinski definition) is 3. The van der Waals surface area contributed by atoms with Crippen LogP contribution in [-0.2, 0) is 0 Å². The first kappa shape index (κ1) is 16.4. The Morgan fingerprint density at radius 1 is 1.20 bits per heavy atom. The zero-order chi connectivity index (χ0) is 17.4. The number of benzene rings is 1. The summed E-state index contributed by atoms with van der Waals surface area (Å²) in [4.78, 5) is 19.9. The summed E-state index contributed by atoms with van der Waals surface area (Å²) in [6, 6.07) is 10.2. The molecular formula is C21H26N2O2. The van der Waals surface area contributed by atoms with Crippen molar-refractivity contribution in [2.24, 2.45) is 11.8 Å². The molecule has 2 aliphatic rings. The Morgan fingerprint density at radius 2 is 2.00 bits per heavy atom. The standard InChI is InChI=1S/C21H26N2O2/c1-14-11-12-23(19-10-6-5-8-16(14)19)21(24)18-13-15-7-3-4-9-17(15)20(22-18)25-2/h3-4,7,9,13-14,16,19H,5-6,8,10-12H2,1-2H3/t14-,16-,19-/m0/s1. The number of hydrogen-bond donors (Lipinski definition) is 0. The lowest BCUT2D eigenvalue weighted by molar-refractivity contribution is 0.0213. The first-order chi connectivity index (χ1) is 12.2. The predicted molar refractivity (Wildman–Crippen MR) is 98.9 cm³/mol. The van der Waals surface area contributed by atoms with E-state index in [0.717, 1.165) is 30.2 Å². The third-order valence-corrected chi connectivity index (χ3v) is 6.12. The average Bonchev–Trinajstić information content (AvgIpc) is 2.67. The molecule has 1 saturated heterocycles. The van der Waals surface area contributed by atoms with Gasteiger partial charge in [0.25, 0.3) is 5.91 Å². The molecule has 1 aliphatic heterocycles. The van der Waals surface area contributed by atoms with Gasteiger partial charge in [-0.05, 0) is 48.6 Å². The van der Waals surface area contributed by atoms with Crippen LogP contribution in [0.2, 0.25) is 0 Å². The minimum atomic E-state index is 0.0628. The zero-order valence-electron chi connectivity index (χ0n) is 15.1. The second-order valence-electron chi connectivity index (χ2n) is 7.52. The summed E-state index contributed by atoms with van der Waals surface area (Å²) in [5, 5.41) is 1.95. The monoisotopic (exact) mass is 338 g/mol. The number of methoxy groups -OCH3 is 1. The molecule has 0 N–H and O–H groups in total. The molecule has 3 atom stereocenters. The van der Waals surface area contributed by atoms with Gasteiger partial charge < -0.3 is 9.64 Å². The van der Waals surface area contributed by atoms with Crippen molar-refractivity contribution in [3.8, 4) is 5.88 Å². The van der Waals surface area contributed by atoms with Gasteiger partial charge in [0, 0.05) is 18.0 Å². The first-order valence-corrected chi connectivity index (χ1v) is 9.44. The van der Waals surface area contributed by atoms with E-state index in [4.69, 9.17) is 4.74 Å². The van der Waals surface area contributed by atoms with Gasteiger partial charge in [-0.3, -0.25) is 4.79 Å². The van der Waals surface area contributed by atoms with Crippen molar-refractivity contribution in [2.75, 3.05) is 13.7 Å². The first-order valence-electron chi connectivity index (χ1n) is 9.44. The highest BCUT2D eigenvalue weighted by Gasteiger charge is 2.40. The number of rotatable bonds is 2. The van der Waals surface area contributed by atoms with Crippen molar-refractivity contribution in [1.82, 2.24) is 9.88 Å². The number of aromatic nitrogens is 1. The van der Waals surface area contributed by atoms with E-state index in [1.54, 1.807) is 7.11 Å². The largest absolute Gasteiger partial charge is 0.481 e. The summed E-state index contributed by atoms with van der Waals surface area (Å²) in [5.41, 5.74) is 0.509. The molecule has 4 rings (SSSR count). The van der Waals surface area contributed by atoms with Crippen molar-refractivity contribution in [3.63, 3.8) is 0 Å². The third-order valence-electron chi connectivity index (χ3n) is 6.12. The van der Waals surface area contributed by atoms with Crippen LogP contribution in [0.4, 0.5) is 0 Å². The van der Waals surface area contributed by atoms with Gasteiger partial charge in [-0.25, -0.2) is 4.98 Å². The lowest BCUT2D eigenvalue weighted by Gasteiger charge is -2.47. The van der Waals surface area contributed by atoms with Crippen LogP contribution >= 0.6 is 0 Å². The second kappa shape index (κ2) is 6.66. The lowest BCUT2D eigenvalue weighted by atomic mass is 9.72. The molecule has 25 heavy (non-hydrogen) atoms. The maximum atomic E-state index is 13.3. The molecule has 1 aromatic heterocycles. The van der Waals surface area contributed by atoms with Gasteiger partial charge in [0.05, 0.1) is 7.11 Å². The summed E-state index contributed by atoms with van der Waals surface area (Å²) in [5.74, 6) is 1.96. The molecule has 1 saturated carbocycles. The number of likely N-dealkylation sites (tertiary alicyclic amines) is 1. The van der Waals surface area contributed by atoms with Gasteiger partial charge in [-0.1, -0.05) is 38.0 Å². The fourth-order valence-corrected chi connectivity index (χ4v) is 4.74. The van der Waals surface area contributed by atoms with Crippen LogP contribution in [0.3, 0.4) is 0 Å². The Kier molecular flexibility index (Phi) is 4.36. The highest BCUT2D eigenvalue weighted by atomic mass is 16.5. The van der Waals surface area contributed by atoms with Crippen molar-refractivity contribution in [2.45, 2.75) is 45.1 Å². The normalized spacial score (nSPS) is 26.3. The van der Waals surface area contributed by atoms with Crippen LogP contribution in [0.1, 0.15) is 49.5 Å². The Labute approximate surface area is 149 Å². The maximum Gasteiger partial charge on any atom is 0.272 e. The van der Waals surface area contributed by atoms with E-state index in [2.05, 4.69) is 16.8 Å². The average molecular weight is 338 g/mol. The van der Waals surface area contributed by atoms with Gasteiger partial charge in [-0.15, -0.1) is 0 Å². The lowest BCUT2D eigenvalue weighted by Crippen LogP contribution is -2.52. The molecule has 1 aromatic carbocycles. The number of carbonyl (C=O) groups is 1. The number of amides is 1. The molecule has 4 nitrogen and oxygen atoms in total. The van der Waals surface area contributed by atoms with Crippen LogP contribution in [0.5, 0.6) is 5.88 Å². The number of piperidine rings is 1. The van der Waals surface area contributed by atoms with Crippen molar-refractivity contribution in [1.29, 1.82) is 0 Å². The van der Waals surface area contributed by atoms with Crippen LogP contribution in [0.25, 0.3) is 10.8 Å². The number of carbonyl (C=O) groups excluding carboxylic acids is 1. The van der Waals surface area contributed by atoms with Gasteiger partial charge in [-0.2, -0.15) is 0 Å². The molecule has 0 unspecified atom stereocenters. The van der Waals surface area contributed by atoms with Gasteiger partial charge in [0.1, 0.15) is 5.69 Å². The van der Waals surface area contributed by atoms with E-state index in [1.165, 1.54) is 19.3 Å². The van der Waals surface area contributed by atoms with Crippen LogP contribution in [-0.4, -0.2) is 35.5 Å². The van der Waals surface area contributed by atoms with E-state index in [9.17, 15) is 4.79 Å². The number of nitrogens with zero attached hydrogens (tertiary/aromatic N) is 2. The summed E-state index contributed by atoms with van der Waals surface area (Å²) < 4.78 is 5.45. The Bertz CT molecular complexity index is 789. The van der Waals surface area contributed by atoms with Crippen molar-refractivity contribution in [3.05, 3.63) is 36.0 Å². The molecule has 132 valence electrons. The molecule has 2 fully saturated rings. The molecular weight excluding hydrogens is 312 g/mol. The summed E-state index contributed by atoms with van der Waals surface area (Å²) >= 11 is 0. The number of pyridine rings is 1. The van der Waals surface area contributed by atoms with Gasteiger partial charge in [0.15, 0.2) is 0 Å². The number of fused-ring (bicyclic) bond motifs is 2. The zero-order valence-corrected chi connectivity index (χ0v) is 15.1. The van der Waals surface area contributed by atoms with Crippen molar-refractivity contribution < 1.29 is 9.53 Å². The molecule has 1 amide bonds. The predicted octanol–water partition coefficient (Wildman–Crippen LogP) is 4.28. The molecule has 2 aromatic rings. The Hall–Kier alpha value is -2.10.